The monoisotopic (exact) mass is 409 g/mol. The molecule has 7 nitrogen and oxygen atoms in total. The van der Waals surface area contributed by atoms with Crippen molar-refractivity contribution in [1.29, 1.82) is 0 Å². The van der Waals surface area contributed by atoms with Crippen LogP contribution < -0.4 is 10.5 Å². The van der Waals surface area contributed by atoms with Crippen molar-refractivity contribution in [2.24, 2.45) is 5.92 Å². The van der Waals surface area contributed by atoms with Gasteiger partial charge in [0, 0.05) is 50.1 Å². The molecule has 5 heterocycles. The van der Waals surface area contributed by atoms with Gasteiger partial charge in [0.25, 0.3) is 5.56 Å². The molecule has 8 heteroatoms. The molecule has 0 atom stereocenters. The summed E-state index contributed by atoms with van der Waals surface area (Å²) >= 11 is 1.77. The summed E-state index contributed by atoms with van der Waals surface area (Å²) in [6.07, 6.45) is 8.13. The van der Waals surface area contributed by atoms with Crippen LogP contribution >= 0.6 is 11.3 Å². The Hall–Kier alpha value is -2.58. The summed E-state index contributed by atoms with van der Waals surface area (Å²) in [6.45, 7) is 4.17. The van der Waals surface area contributed by atoms with E-state index in [-0.39, 0.29) is 5.56 Å². The van der Waals surface area contributed by atoms with Crippen LogP contribution in [0.2, 0.25) is 0 Å². The Morgan fingerprint density at radius 1 is 1.21 bits per heavy atom. The third kappa shape index (κ3) is 3.95. The van der Waals surface area contributed by atoms with E-state index >= 15 is 0 Å². The van der Waals surface area contributed by atoms with Gasteiger partial charge in [-0.25, -0.2) is 9.97 Å². The molecule has 0 saturated carbocycles. The SMILES string of the molecule is O=c1cc(-c2ccncc2)ncn1CC1CCN(c2nc3c(s2)COCC3)CC1. The summed E-state index contributed by atoms with van der Waals surface area (Å²) in [5, 5.41) is 1.12. The molecule has 29 heavy (non-hydrogen) atoms. The minimum atomic E-state index is 0.00170. The first-order valence-electron chi connectivity index (χ1n) is 10.0. The van der Waals surface area contributed by atoms with Crippen LogP contribution in [0.4, 0.5) is 5.13 Å². The van der Waals surface area contributed by atoms with Crippen LogP contribution in [0.1, 0.15) is 23.4 Å². The molecule has 0 spiro atoms. The zero-order chi connectivity index (χ0) is 19.6. The summed E-state index contributed by atoms with van der Waals surface area (Å²) < 4.78 is 7.28. The minimum Gasteiger partial charge on any atom is -0.375 e. The molecule has 0 bridgehead atoms. The zero-order valence-corrected chi connectivity index (χ0v) is 17.0. The maximum Gasteiger partial charge on any atom is 0.253 e. The van der Waals surface area contributed by atoms with Crippen LogP contribution in [0, 0.1) is 5.92 Å². The van der Waals surface area contributed by atoms with Crippen LogP contribution in [0.25, 0.3) is 11.3 Å². The number of fused-ring (bicyclic) bond motifs is 1. The number of hydrogen-bond donors (Lipinski definition) is 0. The van der Waals surface area contributed by atoms with E-state index in [0.29, 0.717) is 18.2 Å². The average Bonchev–Trinajstić information content (AvgIpc) is 3.20. The fourth-order valence-electron chi connectivity index (χ4n) is 3.98. The predicted octanol–water partition coefficient (Wildman–Crippen LogP) is 2.75. The van der Waals surface area contributed by atoms with Gasteiger partial charge >= 0.3 is 0 Å². The Labute approximate surface area is 173 Å². The molecule has 2 aliphatic heterocycles. The number of rotatable bonds is 4. The van der Waals surface area contributed by atoms with Crippen molar-refractivity contribution in [2.45, 2.75) is 32.4 Å². The predicted molar refractivity (Wildman–Crippen MR) is 112 cm³/mol. The molecule has 0 radical (unpaired) electrons. The molecule has 0 aromatic carbocycles. The Morgan fingerprint density at radius 3 is 2.79 bits per heavy atom. The maximum absolute atomic E-state index is 12.6. The molecule has 1 saturated heterocycles. The van der Waals surface area contributed by atoms with E-state index in [9.17, 15) is 4.79 Å². The van der Waals surface area contributed by atoms with Gasteiger partial charge in [-0.2, -0.15) is 0 Å². The highest BCUT2D eigenvalue weighted by atomic mass is 32.1. The van der Waals surface area contributed by atoms with Gasteiger partial charge in [-0.05, 0) is 30.9 Å². The highest BCUT2D eigenvalue weighted by molar-refractivity contribution is 7.15. The molecule has 1 fully saturated rings. The fraction of sp³-hybridized carbons (Fsp3) is 0.429. The molecule has 0 aliphatic carbocycles. The molecular formula is C21H23N5O2S. The molecule has 2 aliphatic rings. The lowest BCUT2D eigenvalue weighted by molar-refractivity contribution is 0.112. The summed E-state index contributed by atoms with van der Waals surface area (Å²) in [4.78, 5) is 29.5. The fourth-order valence-corrected chi connectivity index (χ4v) is 5.07. The number of pyridine rings is 1. The van der Waals surface area contributed by atoms with Gasteiger partial charge in [-0.1, -0.05) is 11.3 Å². The lowest BCUT2D eigenvalue weighted by atomic mass is 9.97. The van der Waals surface area contributed by atoms with Gasteiger partial charge in [0.15, 0.2) is 5.13 Å². The van der Waals surface area contributed by atoms with E-state index in [0.717, 1.165) is 56.2 Å². The van der Waals surface area contributed by atoms with Crippen molar-refractivity contribution in [2.75, 3.05) is 24.6 Å². The number of aromatic nitrogens is 4. The quantitative estimate of drug-likeness (QED) is 0.660. The Morgan fingerprint density at radius 2 is 2.03 bits per heavy atom. The third-order valence-corrected chi connectivity index (χ3v) is 6.81. The highest BCUT2D eigenvalue weighted by Gasteiger charge is 2.24. The van der Waals surface area contributed by atoms with E-state index in [1.165, 1.54) is 10.6 Å². The van der Waals surface area contributed by atoms with Crippen molar-refractivity contribution in [3.05, 3.63) is 57.8 Å². The zero-order valence-electron chi connectivity index (χ0n) is 16.2. The van der Waals surface area contributed by atoms with Crippen LogP contribution in [0.3, 0.4) is 0 Å². The van der Waals surface area contributed by atoms with Crippen molar-refractivity contribution >= 4 is 16.5 Å². The van der Waals surface area contributed by atoms with E-state index in [1.807, 2.05) is 12.1 Å². The Balaban J connectivity index is 1.22. The smallest absolute Gasteiger partial charge is 0.253 e. The van der Waals surface area contributed by atoms with Gasteiger partial charge < -0.3 is 9.64 Å². The van der Waals surface area contributed by atoms with Crippen LogP contribution in [-0.4, -0.2) is 39.2 Å². The van der Waals surface area contributed by atoms with Gasteiger partial charge in [0.05, 0.1) is 35.8 Å². The summed E-state index contributed by atoms with van der Waals surface area (Å²) in [6, 6.07) is 5.35. The van der Waals surface area contributed by atoms with Crippen molar-refractivity contribution in [3.8, 4) is 11.3 Å². The number of nitrogens with zero attached hydrogens (tertiary/aromatic N) is 5. The molecule has 0 unspecified atom stereocenters. The molecule has 3 aromatic heterocycles. The van der Waals surface area contributed by atoms with Crippen LogP contribution in [-0.2, 0) is 24.3 Å². The third-order valence-electron chi connectivity index (χ3n) is 5.68. The summed E-state index contributed by atoms with van der Waals surface area (Å²) in [5.74, 6) is 0.482. The topological polar surface area (TPSA) is 73.1 Å². The first-order chi connectivity index (χ1) is 14.3. The van der Waals surface area contributed by atoms with Gasteiger partial charge in [0.1, 0.15) is 0 Å². The molecule has 5 rings (SSSR count). The standard InChI is InChI=1S/C21H23N5O2S/c27-20-11-18(16-1-6-22-7-2-16)23-14-26(20)12-15-3-8-25(9-4-15)21-24-17-5-10-28-13-19(17)29-21/h1-2,6-7,11,14-15H,3-5,8-10,12-13H2. The van der Waals surface area contributed by atoms with Gasteiger partial charge in [-0.15, -0.1) is 0 Å². The average molecular weight is 410 g/mol. The second-order valence-electron chi connectivity index (χ2n) is 7.60. The van der Waals surface area contributed by atoms with Crippen molar-refractivity contribution in [1.82, 2.24) is 19.5 Å². The van der Waals surface area contributed by atoms with E-state index in [2.05, 4.69) is 14.9 Å². The second-order valence-corrected chi connectivity index (χ2v) is 8.66. The number of ether oxygens (including phenoxy) is 1. The molecule has 150 valence electrons. The first kappa shape index (κ1) is 18.4. The molecule has 3 aromatic rings. The highest BCUT2D eigenvalue weighted by Crippen LogP contribution is 2.32. The molecule has 0 amide bonds. The van der Waals surface area contributed by atoms with Crippen LogP contribution in [0.15, 0.2) is 41.7 Å². The summed E-state index contributed by atoms with van der Waals surface area (Å²) in [5.41, 5.74) is 2.82. The van der Waals surface area contributed by atoms with Crippen LogP contribution in [0.5, 0.6) is 0 Å². The first-order valence-corrected chi connectivity index (χ1v) is 10.9. The maximum atomic E-state index is 12.6. The Kier molecular flexibility index (Phi) is 5.12. The largest absolute Gasteiger partial charge is 0.375 e. The lowest BCUT2D eigenvalue weighted by Gasteiger charge is -2.31. The van der Waals surface area contributed by atoms with Crippen molar-refractivity contribution in [3.63, 3.8) is 0 Å². The number of thiazole rings is 1. The van der Waals surface area contributed by atoms with E-state index < -0.39 is 0 Å². The Bertz CT molecular complexity index is 1020. The number of piperidine rings is 1. The number of hydrogen-bond acceptors (Lipinski definition) is 7. The lowest BCUT2D eigenvalue weighted by Crippen LogP contribution is -2.36. The normalized spacial score (nSPS) is 17.3. The van der Waals surface area contributed by atoms with E-state index in [4.69, 9.17) is 9.72 Å². The van der Waals surface area contributed by atoms with E-state index in [1.54, 1.807) is 40.7 Å². The van der Waals surface area contributed by atoms with Crippen molar-refractivity contribution < 1.29 is 4.74 Å². The number of anilines is 1. The molecular weight excluding hydrogens is 386 g/mol. The minimum absolute atomic E-state index is 0.00170. The van der Waals surface area contributed by atoms with Gasteiger partial charge in [0.2, 0.25) is 0 Å². The summed E-state index contributed by atoms with van der Waals surface area (Å²) in [7, 11) is 0. The second kappa shape index (κ2) is 8.04. The molecule has 0 N–H and O–H groups in total. The van der Waals surface area contributed by atoms with Gasteiger partial charge in [-0.3, -0.25) is 14.3 Å².